The first kappa shape index (κ1) is 14.6. The van der Waals surface area contributed by atoms with Crippen LogP contribution in [0.4, 0.5) is 4.79 Å². The van der Waals surface area contributed by atoms with E-state index in [-0.39, 0.29) is 69.6 Å². The Balaban J connectivity index is 3.80. The van der Waals surface area contributed by atoms with Gasteiger partial charge in [0, 0.05) is 0 Å². The summed E-state index contributed by atoms with van der Waals surface area (Å²) in [4.78, 5) is 11.6. The molecule has 0 radical (unpaired) electrons. The third kappa shape index (κ3) is 7.55. The Hall–Kier alpha value is 1.64. The van der Waals surface area contributed by atoms with E-state index in [1.54, 1.807) is 0 Å². The summed E-state index contributed by atoms with van der Waals surface area (Å²) in [6.45, 7) is 6.50. The molecule has 0 aliphatic carbocycles. The molecule has 0 aromatic carbocycles. The molecule has 78 valence electrons. The van der Waals surface area contributed by atoms with E-state index in [0.717, 1.165) is 4.47 Å². The monoisotopic (exact) mass is 534 g/mol. The molecule has 1 N–H and O–H groups in total. The number of urea groups is 1. The zero-order chi connectivity index (χ0) is 10.1. The van der Waals surface area contributed by atoms with Crippen LogP contribution >= 0.6 is 0 Å². The van der Waals surface area contributed by atoms with Crippen LogP contribution in [0.15, 0.2) is 0 Å². The number of hydrogen-bond donors (Lipinski definition) is 1. The van der Waals surface area contributed by atoms with Gasteiger partial charge >= 0.3 is 114 Å². The van der Waals surface area contributed by atoms with Gasteiger partial charge in [0.05, 0.1) is 0 Å². The van der Waals surface area contributed by atoms with Gasteiger partial charge in [-0.25, -0.2) is 0 Å². The van der Waals surface area contributed by atoms with Crippen molar-refractivity contribution in [3.8, 4) is 0 Å². The summed E-state index contributed by atoms with van der Waals surface area (Å²) in [5.41, 5.74) is 0. The van der Waals surface area contributed by atoms with Crippen LogP contribution in [0.25, 0.3) is 0 Å². The van der Waals surface area contributed by atoms with Crippen molar-refractivity contribution in [1.29, 1.82) is 0 Å². The molecule has 0 bridgehead atoms. The van der Waals surface area contributed by atoms with Gasteiger partial charge in [-0.15, -0.1) is 0 Å². The predicted octanol–water partition coefficient (Wildman–Crippen LogP) is 1.17. The molecular formula is C7H16N2OTe3. The first-order valence-corrected chi connectivity index (χ1v) is 12.4. The van der Waals surface area contributed by atoms with E-state index < -0.39 is 0 Å². The SMILES string of the molecule is CC[Te]NC(=O)N([Te]CC)[Te]CC. The molecule has 6 heteroatoms. The van der Waals surface area contributed by atoms with Crippen molar-refractivity contribution < 1.29 is 4.79 Å². The fraction of sp³-hybridized carbons (Fsp3) is 0.857. The number of nitrogens with one attached hydrogen (secondary N) is 1. The average molecular weight is 527 g/mol. The van der Waals surface area contributed by atoms with Crippen LogP contribution in [0.1, 0.15) is 20.8 Å². The topological polar surface area (TPSA) is 32.3 Å². The Bertz CT molecular complexity index is 140. The molecule has 0 atom stereocenters. The summed E-state index contributed by atoms with van der Waals surface area (Å²) < 4.78 is 8.83. The zero-order valence-electron chi connectivity index (χ0n) is 8.20. The Labute approximate surface area is 112 Å². The molecule has 0 aromatic heterocycles. The van der Waals surface area contributed by atoms with E-state index in [2.05, 4.69) is 25.7 Å². The Morgan fingerprint density at radius 2 is 1.69 bits per heavy atom. The number of nitrogens with zero attached hydrogens (tertiary/aromatic N) is 1. The molecule has 0 aliphatic heterocycles. The van der Waals surface area contributed by atoms with E-state index in [1.165, 1.54) is 8.94 Å². The van der Waals surface area contributed by atoms with E-state index in [4.69, 9.17) is 0 Å². The Morgan fingerprint density at radius 1 is 1.15 bits per heavy atom. The standard InChI is InChI=1S/C7H16N2OTe3/c1-4-11-8-7(10)9(12-5-2)13-6-3/h4-6H2,1-3H3,(H,8,10). The molecule has 0 spiro atoms. The molecule has 0 aliphatic rings. The van der Waals surface area contributed by atoms with Crippen molar-refractivity contribution >= 4 is 69.6 Å². The minimum atomic E-state index is -0.230. The van der Waals surface area contributed by atoms with E-state index in [9.17, 15) is 4.79 Å². The fourth-order valence-corrected chi connectivity index (χ4v) is 10.6. The van der Waals surface area contributed by atoms with Crippen molar-refractivity contribution in [2.75, 3.05) is 0 Å². The van der Waals surface area contributed by atoms with Gasteiger partial charge in [0.2, 0.25) is 0 Å². The summed E-state index contributed by atoms with van der Waals surface area (Å²) in [5, 5.41) is 0. The van der Waals surface area contributed by atoms with Crippen molar-refractivity contribution in [2.24, 2.45) is 0 Å². The van der Waals surface area contributed by atoms with Gasteiger partial charge < -0.3 is 0 Å². The zero-order valence-corrected chi connectivity index (χ0v) is 15.2. The molecule has 0 saturated carbocycles. The van der Waals surface area contributed by atoms with E-state index >= 15 is 0 Å². The quantitative estimate of drug-likeness (QED) is 0.518. The van der Waals surface area contributed by atoms with Crippen LogP contribution in [-0.4, -0.2) is 71.0 Å². The molecule has 0 unspecified atom stereocenters. The molecule has 0 rings (SSSR count). The van der Waals surface area contributed by atoms with Gasteiger partial charge in [0.1, 0.15) is 0 Å². The molecule has 3 nitrogen and oxygen atoms in total. The van der Waals surface area contributed by atoms with Gasteiger partial charge in [0.25, 0.3) is 0 Å². The molecule has 0 aromatic rings. The molecule has 13 heavy (non-hydrogen) atoms. The van der Waals surface area contributed by atoms with Gasteiger partial charge in [-0.3, -0.25) is 0 Å². The third-order valence-electron chi connectivity index (χ3n) is 0.962. The van der Waals surface area contributed by atoms with Gasteiger partial charge in [-0.1, -0.05) is 0 Å². The fourth-order valence-electron chi connectivity index (χ4n) is 0.560. The average Bonchev–Trinajstić information content (AvgIpc) is 2.14. The first-order valence-electron chi connectivity index (χ1n) is 4.23. The Kier molecular flexibility index (Phi) is 11.4. The second kappa shape index (κ2) is 10.2. The van der Waals surface area contributed by atoms with Crippen molar-refractivity contribution in [2.45, 2.75) is 34.2 Å². The summed E-state index contributed by atoms with van der Waals surface area (Å²) in [5.74, 6) is 0. The maximum atomic E-state index is 11.6. The normalized spacial score (nSPS) is 9.77. The van der Waals surface area contributed by atoms with Gasteiger partial charge in [-0.2, -0.15) is 0 Å². The summed E-state index contributed by atoms with van der Waals surface area (Å²) in [6.07, 6.45) is 0. The first-order chi connectivity index (χ1) is 6.26. The molecular weight excluding hydrogens is 511 g/mol. The number of hydrogen-bond acceptors (Lipinski definition) is 1. The maximum absolute atomic E-state index is 11.6. The van der Waals surface area contributed by atoms with Gasteiger partial charge in [-0.05, 0) is 0 Å². The summed E-state index contributed by atoms with van der Waals surface area (Å²) >= 11 is -0.579. The number of amides is 2. The van der Waals surface area contributed by atoms with Crippen LogP contribution in [-0.2, 0) is 0 Å². The molecule has 0 fully saturated rings. The van der Waals surface area contributed by atoms with Crippen LogP contribution in [0.5, 0.6) is 0 Å². The minimum absolute atomic E-state index is 0.174. The second-order valence-corrected chi connectivity index (χ2v) is 14.1. The second-order valence-electron chi connectivity index (χ2n) is 1.93. The summed E-state index contributed by atoms with van der Waals surface area (Å²) in [7, 11) is 0. The van der Waals surface area contributed by atoms with E-state index in [0.29, 0.717) is 0 Å². The number of carbonyl (C=O) groups is 1. The van der Waals surface area contributed by atoms with Crippen molar-refractivity contribution in [3.05, 3.63) is 0 Å². The number of rotatable bonds is 6. The molecule has 0 heterocycles. The van der Waals surface area contributed by atoms with Crippen LogP contribution in [0.3, 0.4) is 0 Å². The van der Waals surface area contributed by atoms with Crippen LogP contribution in [0.2, 0.25) is 13.4 Å². The third-order valence-corrected chi connectivity index (χ3v) is 10.5. The van der Waals surface area contributed by atoms with Gasteiger partial charge in [0.15, 0.2) is 0 Å². The van der Waals surface area contributed by atoms with E-state index in [1.807, 2.05) is 0 Å². The summed E-state index contributed by atoms with van der Waals surface area (Å²) in [6, 6.07) is 0.262. The molecule has 2 amide bonds. The molecule has 0 saturated heterocycles. The number of carbonyl (C=O) groups excluding carboxylic acids is 1. The predicted molar refractivity (Wildman–Crippen MR) is 59.1 cm³/mol. The van der Waals surface area contributed by atoms with Crippen LogP contribution < -0.4 is 3.57 Å². The van der Waals surface area contributed by atoms with Crippen molar-refractivity contribution in [3.63, 3.8) is 0 Å². The van der Waals surface area contributed by atoms with Crippen molar-refractivity contribution in [1.82, 2.24) is 4.97 Å². The van der Waals surface area contributed by atoms with Crippen LogP contribution in [0, 0.1) is 0 Å². The Morgan fingerprint density at radius 3 is 2.08 bits per heavy atom.